The lowest BCUT2D eigenvalue weighted by Gasteiger charge is -2.32. The third kappa shape index (κ3) is 2.43. The van der Waals surface area contributed by atoms with Gasteiger partial charge < -0.3 is 10.6 Å². The van der Waals surface area contributed by atoms with Gasteiger partial charge in [-0.05, 0) is 44.5 Å². The molecule has 2 aliphatic rings. The summed E-state index contributed by atoms with van der Waals surface area (Å²) in [5, 5.41) is 0. The second kappa shape index (κ2) is 5.14. The van der Waals surface area contributed by atoms with E-state index in [1.807, 2.05) is 12.1 Å². The summed E-state index contributed by atoms with van der Waals surface area (Å²) < 4.78 is 0. The topological polar surface area (TPSA) is 45.4 Å². The van der Waals surface area contributed by atoms with E-state index in [4.69, 9.17) is 5.73 Å². The summed E-state index contributed by atoms with van der Waals surface area (Å²) >= 11 is 0. The molecular weight excluding hydrogens is 224 g/mol. The molecule has 2 N–H and O–H groups in total. The first kappa shape index (κ1) is 11.8. The van der Waals surface area contributed by atoms with E-state index in [1.54, 1.807) is 0 Å². The fourth-order valence-electron chi connectivity index (χ4n) is 3.15. The Morgan fingerprint density at radius 3 is 2.72 bits per heavy atom. The number of aromatic nitrogens is 1. The largest absolute Gasteiger partial charge is 0.384 e. The van der Waals surface area contributed by atoms with Gasteiger partial charge in [-0.3, -0.25) is 4.90 Å². The normalized spacial score (nSPS) is 25.6. The zero-order chi connectivity index (χ0) is 12.4. The molecule has 98 valence electrons. The predicted octanol–water partition coefficient (Wildman–Crippen LogP) is 1.73. The van der Waals surface area contributed by atoms with Crippen LogP contribution in [0.1, 0.15) is 25.7 Å². The summed E-state index contributed by atoms with van der Waals surface area (Å²) in [7, 11) is 0. The summed E-state index contributed by atoms with van der Waals surface area (Å²) in [6.45, 7) is 4.78. The van der Waals surface area contributed by atoms with Gasteiger partial charge in [0.2, 0.25) is 0 Å². The summed E-state index contributed by atoms with van der Waals surface area (Å²) in [5.74, 6) is 1.66. The molecule has 0 radical (unpaired) electrons. The highest BCUT2D eigenvalue weighted by Crippen LogP contribution is 2.24. The van der Waals surface area contributed by atoms with Crippen LogP contribution >= 0.6 is 0 Å². The van der Waals surface area contributed by atoms with Gasteiger partial charge in [0.1, 0.15) is 11.6 Å². The van der Waals surface area contributed by atoms with E-state index in [-0.39, 0.29) is 0 Å². The monoisotopic (exact) mass is 246 g/mol. The smallest absolute Gasteiger partial charge is 0.131 e. The number of hydrogen-bond donors (Lipinski definition) is 1. The zero-order valence-corrected chi connectivity index (χ0v) is 10.9. The van der Waals surface area contributed by atoms with Crippen LogP contribution in [0.2, 0.25) is 0 Å². The van der Waals surface area contributed by atoms with Gasteiger partial charge in [0.25, 0.3) is 0 Å². The van der Waals surface area contributed by atoms with Crippen molar-refractivity contribution in [1.29, 1.82) is 0 Å². The number of likely N-dealkylation sites (tertiary alicyclic amines) is 1. The minimum absolute atomic E-state index is 0.619. The summed E-state index contributed by atoms with van der Waals surface area (Å²) in [6, 6.07) is 6.62. The highest BCUT2D eigenvalue weighted by atomic mass is 15.3. The second-order valence-electron chi connectivity index (χ2n) is 5.41. The van der Waals surface area contributed by atoms with Gasteiger partial charge in [-0.1, -0.05) is 12.5 Å². The first-order valence-electron chi connectivity index (χ1n) is 7.04. The van der Waals surface area contributed by atoms with Crippen LogP contribution in [0.15, 0.2) is 18.2 Å². The van der Waals surface area contributed by atoms with Gasteiger partial charge >= 0.3 is 0 Å². The fraction of sp³-hybridized carbons (Fsp3) is 0.643. The van der Waals surface area contributed by atoms with Crippen molar-refractivity contribution in [3.8, 4) is 0 Å². The van der Waals surface area contributed by atoms with Crippen molar-refractivity contribution in [3.05, 3.63) is 18.2 Å². The molecule has 0 aliphatic carbocycles. The van der Waals surface area contributed by atoms with E-state index in [9.17, 15) is 0 Å². The van der Waals surface area contributed by atoms with Crippen molar-refractivity contribution in [2.24, 2.45) is 0 Å². The molecule has 4 heteroatoms. The van der Waals surface area contributed by atoms with Crippen molar-refractivity contribution in [1.82, 2.24) is 9.88 Å². The van der Waals surface area contributed by atoms with Crippen LogP contribution in [-0.4, -0.2) is 42.1 Å². The number of nitrogens with two attached hydrogens (primary N) is 1. The average molecular weight is 246 g/mol. The lowest BCUT2D eigenvalue weighted by Crippen LogP contribution is -2.40. The van der Waals surface area contributed by atoms with Crippen molar-refractivity contribution >= 4 is 11.6 Å². The summed E-state index contributed by atoms with van der Waals surface area (Å²) in [6.07, 6.45) is 5.40. The van der Waals surface area contributed by atoms with Crippen LogP contribution in [-0.2, 0) is 0 Å². The van der Waals surface area contributed by atoms with Gasteiger partial charge in [-0.2, -0.15) is 0 Å². The third-order valence-electron chi connectivity index (χ3n) is 4.15. The van der Waals surface area contributed by atoms with E-state index < -0.39 is 0 Å². The molecule has 2 fully saturated rings. The Balaban J connectivity index is 1.64. The van der Waals surface area contributed by atoms with Crippen LogP contribution in [0.3, 0.4) is 0 Å². The van der Waals surface area contributed by atoms with Gasteiger partial charge in [0, 0.05) is 19.1 Å². The van der Waals surface area contributed by atoms with Crippen molar-refractivity contribution in [2.75, 3.05) is 36.8 Å². The molecule has 1 atom stereocenters. The maximum Gasteiger partial charge on any atom is 0.131 e. The Hall–Kier alpha value is -1.29. The number of piperidine rings is 1. The minimum atomic E-state index is 0.619. The molecule has 3 heterocycles. The number of hydrogen-bond acceptors (Lipinski definition) is 4. The average Bonchev–Trinajstić information content (AvgIpc) is 2.89. The molecule has 1 unspecified atom stereocenters. The number of anilines is 2. The van der Waals surface area contributed by atoms with Gasteiger partial charge in [0.15, 0.2) is 0 Å². The highest BCUT2D eigenvalue weighted by molar-refractivity contribution is 5.45. The number of rotatable bonds is 2. The molecule has 18 heavy (non-hydrogen) atoms. The van der Waals surface area contributed by atoms with Crippen LogP contribution in [0.4, 0.5) is 11.6 Å². The molecule has 0 spiro atoms. The van der Waals surface area contributed by atoms with Crippen molar-refractivity contribution in [3.63, 3.8) is 0 Å². The number of pyridine rings is 1. The minimum Gasteiger partial charge on any atom is -0.384 e. The quantitative estimate of drug-likeness (QED) is 0.863. The molecule has 0 saturated carbocycles. The Bertz CT molecular complexity index is 401. The maximum absolute atomic E-state index is 5.76. The molecule has 1 aromatic heterocycles. The van der Waals surface area contributed by atoms with Gasteiger partial charge in [-0.25, -0.2) is 4.98 Å². The van der Waals surface area contributed by atoms with E-state index in [2.05, 4.69) is 20.9 Å². The van der Waals surface area contributed by atoms with Gasteiger partial charge in [-0.15, -0.1) is 0 Å². The van der Waals surface area contributed by atoms with Crippen molar-refractivity contribution in [2.45, 2.75) is 31.7 Å². The summed E-state index contributed by atoms with van der Waals surface area (Å²) in [4.78, 5) is 9.45. The SMILES string of the molecule is Nc1cccc(N2CCC(N3CCCCC3)C2)n1. The highest BCUT2D eigenvalue weighted by Gasteiger charge is 2.28. The molecular formula is C14H22N4. The molecule has 0 aromatic carbocycles. The van der Waals surface area contributed by atoms with E-state index in [0.29, 0.717) is 11.9 Å². The molecule has 3 rings (SSSR count). The third-order valence-corrected chi connectivity index (χ3v) is 4.15. The first-order chi connectivity index (χ1) is 8.83. The molecule has 0 bridgehead atoms. The zero-order valence-electron chi connectivity index (χ0n) is 10.9. The lowest BCUT2D eigenvalue weighted by atomic mass is 10.1. The second-order valence-corrected chi connectivity index (χ2v) is 5.41. The predicted molar refractivity (Wildman–Crippen MR) is 74.7 cm³/mol. The van der Waals surface area contributed by atoms with E-state index in [0.717, 1.165) is 18.9 Å². The van der Waals surface area contributed by atoms with Crippen LogP contribution in [0, 0.1) is 0 Å². The van der Waals surface area contributed by atoms with E-state index >= 15 is 0 Å². The Labute approximate surface area is 109 Å². The molecule has 2 saturated heterocycles. The Kier molecular flexibility index (Phi) is 3.37. The Morgan fingerprint density at radius 2 is 1.94 bits per heavy atom. The maximum atomic E-state index is 5.76. The van der Waals surface area contributed by atoms with Crippen LogP contribution < -0.4 is 10.6 Å². The van der Waals surface area contributed by atoms with Crippen molar-refractivity contribution < 1.29 is 0 Å². The molecule has 0 amide bonds. The molecule has 4 nitrogen and oxygen atoms in total. The summed E-state index contributed by atoms with van der Waals surface area (Å²) in [5.41, 5.74) is 5.76. The molecule has 2 aliphatic heterocycles. The van der Waals surface area contributed by atoms with Crippen LogP contribution in [0.25, 0.3) is 0 Å². The van der Waals surface area contributed by atoms with Gasteiger partial charge in [0.05, 0.1) is 0 Å². The van der Waals surface area contributed by atoms with E-state index in [1.165, 1.54) is 38.8 Å². The lowest BCUT2D eigenvalue weighted by molar-refractivity contribution is 0.175. The standard InChI is InChI=1S/C14H22N4/c15-13-5-4-6-14(16-13)18-10-7-12(11-18)17-8-2-1-3-9-17/h4-6,12H,1-3,7-11H2,(H2,15,16). The number of nitrogens with zero attached hydrogens (tertiary/aromatic N) is 3. The first-order valence-corrected chi connectivity index (χ1v) is 7.04. The fourth-order valence-corrected chi connectivity index (χ4v) is 3.15. The van der Waals surface area contributed by atoms with Crippen LogP contribution in [0.5, 0.6) is 0 Å². The molecule has 1 aromatic rings. The number of nitrogen functional groups attached to an aromatic ring is 1. The Morgan fingerprint density at radius 1 is 1.11 bits per heavy atom.